The maximum absolute atomic E-state index is 4.40. The van der Waals surface area contributed by atoms with Gasteiger partial charge in [-0.15, -0.1) is 0 Å². The molecule has 0 unspecified atom stereocenters. The summed E-state index contributed by atoms with van der Waals surface area (Å²) in [4.78, 5) is 0. The fourth-order valence-electron chi connectivity index (χ4n) is 1.68. The van der Waals surface area contributed by atoms with E-state index in [2.05, 4.69) is 38.1 Å². The van der Waals surface area contributed by atoms with Gasteiger partial charge in [-0.3, -0.25) is 4.68 Å². The SMILES string of the molecule is Cc1nn(C)c(C)c1CNCCC(C)C. The van der Waals surface area contributed by atoms with Crippen LogP contribution in [0.1, 0.15) is 37.2 Å². The largest absolute Gasteiger partial charge is 0.313 e. The van der Waals surface area contributed by atoms with Crippen molar-refractivity contribution >= 4 is 0 Å². The first-order chi connectivity index (χ1) is 7.02. The summed E-state index contributed by atoms with van der Waals surface area (Å²) in [6, 6.07) is 0. The van der Waals surface area contributed by atoms with E-state index >= 15 is 0 Å². The summed E-state index contributed by atoms with van der Waals surface area (Å²) in [5.74, 6) is 0.772. The van der Waals surface area contributed by atoms with E-state index in [1.54, 1.807) is 0 Å². The van der Waals surface area contributed by atoms with Crippen LogP contribution >= 0.6 is 0 Å². The van der Waals surface area contributed by atoms with Gasteiger partial charge in [0.1, 0.15) is 0 Å². The Labute approximate surface area is 92.9 Å². The molecule has 1 aromatic rings. The molecule has 1 aromatic heterocycles. The van der Waals surface area contributed by atoms with Crippen LogP contribution in [-0.4, -0.2) is 16.3 Å². The first kappa shape index (κ1) is 12.2. The maximum Gasteiger partial charge on any atom is 0.0641 e. The van der Waals surface area contributed by atoms with Crippen molar-refractivity contribution in [2.75, 3.05) is 6.54 Å². The van der Waals surface area contributed by atoms with Crippen LogP contribution in [-0.2, 0) is 13.6 Å². The molecule has 0 atom stereocenters. The first-order valence-corrected chi connectivity index (χ1v) is 5.72. The van der Waals surface area contributed by atoms with Crippen molar-refractivity contribution in [1.82, 2.24) is 15.1 Å². The Morgan fingerprint density at radius 3 is 2.47 bits per heavy atom. The molecule has 0 bridgehead atoms. The van der Waals surface area contributed by atoms with Crippen LogP contribution in [0.15, 0.2) is 0 Å². The van der Waals surface area contributed by atoms with Gasteiger partial charge in [-0.05, 0) is 32.7 Å². The molecule has 0 saturated carbocycles. The summed E-state index contributed by atoms with van der Waals surface area (Å²) < 4.78 is 1.95. The van der Waals surface area contributed by atoms with E-state index in [-0.39, 0.29) is 0 Å². The van der Waals surface area contributed by atoms with E-state index in [0.717, 1.165) is 24.7 Å². The smallest absolute Gasteiger partial charge is 0.0641 e. The lowest BCUT2D eigenvalue weighted by Gasteiger charge is -2.07. The van der Waals surface area contributed by atoms with Crippen LogP contribution in [0.2, 0.25) is 0 Å². The summed E-state index contributed by atoms with van der Waals surface area (Å²) in [6.45, 7) is 10.7. The summed E-state index contributed by atoms with van der Waals surface area (Å²) >= 11 is 0. The molecule has 3 nitrogen and oxygen atoms in total. The molecule has 0 aliphatic carbocycles. The second-order valence-corrected chi connectivity index (χ2v) is 4.63. The molecule has 0 spiro atoms. The average Bonchev–Trinajstić information content (AvgIpc) is 2.37. The highest BCUT2D eigenvalue weighted by Crippen LogP contribution is 2.11. The molecule has 1 heterocycles. The number of nitrogens with zero attached hydrogens (tertiary/aromatic N) is 2. The van der Waals surface area contributed by atoms with Gasteiger partial charge in [0.25, 0.3) is 0 Å². The Kier molecular flexibility index (Phi) is 4.33. The average molecular weight is 209 g/mol. The Morgan fingerprint density at radius 2 is 2.00 bits per heavy atom. The van der Waals surface area contributed by atoms with Crippen molar-refractivity contribution in [1.29, 1.82) is 0 Å². The molecule has 3 heteroatoms. The second-order valence-electron chi connectivity index (χ2n) is 4.63. The molecule has 0 amide bonds. The summed E-state index contributed by atoms with van der Waals surface area (Å²) in [5.41, 5.74) is 3.76. The lowest BCUT2D eigenvalue weighted by atomic mass is 10.1. The van der Waals surface area contributed by atoms with Gasteiger partial charge in [0.15, 0.2) is 0 Å². The first-order valence-electron chi connectivity index (χ1n) is 5.72. The molecule has 1 rings (SSSR count). The van der Waals surface area contributed by atoms with Gasteiger partial charge in [0, 0.05) is 24.8 Å². The molecular formula is C12H23N3. The van der Waals surface area contributed by atoms with Gasteiger partial charge in [-0.2, -0.15) is 5.10 Å². The molecule has 1 N–H and O–H groups in total. The highest BCUT2D eigenvalue weighted by molar-refractivity contribution is 5.23. The van der Waals surface area contributed by atoms with Crippen molar-refractivity contribution in [3.8, 4) is 0 Å². The van der Waals surface area contributed by atoms with E-state index in [4.69, 9.17) is 0 Å². The Morgan fingerprint density at radius 1 is 1.33 bits per heavy atom. The van der Waals surface area contributed by atoms with Gasteiger partial charge in [0.2, 0.25) is 0 Å². The molecule has 0 aliphatic heterocycles. The molecule has 0 aromatic carbocycles. The number of rotatable bonds is 5. The lowest BCUT2D eigenvalue weighted by Crippen LogP contribution is -2.17. The van der Waals surface area contributed by atoms with Crippen molar-refractivity contribution in [3.05, 3.63) is 17.0 Å². The zero-order valence-corrected chi connectivity index (χ0v) is 10.6. The molecule has 0 aliphatic rings. The fraction of sp³-hybridized carbons (Fsp3) is 0.750. The minimum absolute atomic E-state index is 0.772. The third-order valence-corrected chi connectivity index (χ3v) is 2.86. The minimum atomic E-state index is 0.772. The van der Waals surface area contributed by atoms with E-state index in [0.29, 0.717) is 0 Å². The number of hydrogen-bond donors (Lipinski definition) is 1. The summed E-state index contributed by atoms with van der Waals surface area (Å²) in [6.07, 6.45) is 1.23. The predicted octanol–water partition coefficient (Wildman–Crippen LogP) is 2.17. The van der Waals surface area contributed by atoms with Crippen LogP contribution in [0.5, 0.6) is 0 Å². The lowest BCUT2D eigenvalue weighted by molar-refractivity contribution is 0.536. The van der Waals surface area contributed by atoms with Crippen molar-refractivity contribution in [2.45, 2.75) is 40.7 Å². The van der Waals surface area contributed by atoms with Crippen LogP contribution in [0.25, 0.3) is 0 Å². The van der Waals surface area contributed by atoms with E-state index in [1.165, 1.54) is 17.7 Å². The second kappa shape index (κ2) is 5.31. The van der Waals surface area contributed by atoms with Crippen molar-refractivity contribution < 1.29 is 0 Å². The van der Waals surface area contributed by atoms with Gasteiger partial charge in [-0.1, -0.05) is 13.8 Å². The normalized spacial score (nSPS) is 11.3. The Balaban J connectivity index is 2.44. The van der Waals surface area contributed by atoms with Gasteiger partial charge in [-0.25, -0.2) is 0 Å². The molecular weight excluding hydrogens is 186 g/mol. The van der Waals surface area contributed by atoms with Gasteiger partial charge in [0.05, 0.1) is 5.69 Å². The Hall–Kier alpha value is -0.830. The standard InChI is InChI=1S/C12H23N3/c1-9(2)6-7-13-8-12-10(3)14-15(5)11(12)4/h9,13H,6-8H2,1-5H3. The predicted molar refractivity (Wildman–Crippen MR) is 63.8 cm³/mol. The highest BCUT2D eigenvalue weighted by atomic mass is 15.3. The Bertz CT molecular complexity index is 313. The van der Waals surface area contributed by atoms with Crippen LogP contribution in [0.4, 0.5) is 0 Å². The van der Waals surface area contributed by atoms with Crippen LogP contribution in [0.3, 0.4) is 0 Å². The molecule has 86 valence electrons. The topological polar surface area (TPSA) is 29.9 Å². The summed E-state index contributed by atoms with van der Waals surface area (Å²) in [5, 5.41) is 7.88. The quantitative estimate of drug-likeness (QED) is 0.753. The maximum atomic E-state index is 4.40. The molecule has 15 heavy (non-hydrogen) atoms. The third kappa shape index (κ3) is 3.34. The fourth-order valence-corrected chi connectivity index (χ4v) is 1.68. The number of aryl methyl sites for hydroxylation is 2. The number of nitrogens with one attached hydrogen (secondary N) is 1. The molecule has 0 saturated heterocycles. The molecule has 0 fully saturated rings. The zero-order valence-electron chi connectivity index (χ0n) is 10.6. The van der Waals surface area contributed by atoms with Gasteiger partial charge < -0.3 is 5.32 Å². The minimum Gasteiger partial charge on any atom is -0.313 e. The van der Waals surface area contributed by atoms with Crippen molar-refractivity contribution in [2.24, 2.45) is 13.0 Å². The number of hydrogen-bond acceptors (Lipinski definition) is 2. The summed E-state index contributed by atoms with van der Waals surface area (Å²) in [7, 11) is 2.00. The van der Waals surface area contributed by atoms with Gasteiger partial charge >= 0.3 is 0 Å². The van der Waals surface area contributed by atoms with Crippen LogP contribution in [0, 0.1) is 19.8 Å². The van der Waals surface area contributed by atoms with E-state index in [9.17, 15) is 0 Å². The van der Waals surface area contributed by atoms with E-state index < -0.39 is 0 Å². The van der Waals surface area contributed by atoms with E-state index in [1.807, 2.05) is 11.7 Å². The van der Waals surface area contributed by atoms with Crippen LogP contribution < -0.4 is 5.32 Å². The zero-order chi connectivity index (χ0) is 11.4. The number of aromatic nitrogens is 2. The highest BCUT2D eigenvalue weighted by Gasteiger charge is 2.08. The monoisotopic (exact) mass is 209 g/mol. The van der Waals surface area contributed by atoms with Crippen molar-refractivity contribution in [3.63, 3.8) is 0 Å². The molecule has 0 radical (unpaired) electrons. The third-order valence-electron chi connectivity index (χ3n) is 2.86.